The molecule has 0 unspecified atom stereocenters. The van der Waals surface area contributed by atoms with Gasteiger partial charge in [0.15, 0.2) is 10.4 Å². The van der Waals surface area contributed by atoms with Crippen LogP contribution in [-0.2, 0) is 0 Å². The van der Waals surface area contributed by atoms with Crippen LogP contribution < -0.4 is 4.74 Å². The monoisotopic (exact) mass is 354 g/mol. The second kappa shape index (κ2) is 4.95. The van der Waals surface area contributed by atoms with Gasteiger partial charge in [-0.25, -0.2) is 9.37 Å². The van der Waals surface area contributed by atoms with Gasteiger partial charge in [-0.15, -0.1) is 0 Å². The molecular weight excluding hydrogens is 347 g/mol. The maximum Gasteiger partial charge on any atom is 0.242 e. The Labute approximate surface area is 126 Å². The lowest BCUT2D eigenvalue weighted by atomic mass is 10.3. The third kappa shape index (κ3) is 2.01. The van der Waals surface area contributed by atoms with Crippen molar-refractivity contribution in [1.29, 1.82) is 0 Å². The van der Waals surface area contributed by atoms with E-state index in [1.54, 1.807) is 16.7 Å². The first-order chi connectivity index (χ1) is 9.61. The molecule has 0 aliphatic heterocycles. The van der Waals surface area contributed by atoms with E-state index >= 15 is 0 Å². The molecule has 3 rings (SSSR count). The number of aromatic amines is 1. The van der Waals surface area contributed by atoms with Crippen molar-refractivity contribution in [3.8, 4) is 11.6 Å². The molecule has 0 radical (unpaired) electrons. The second-order valence-corrected chi connectivity index (χ2v) is 5.19. The Morgan fingerprint density at radius 3 is 2.90 bits per heavy atom. The topological polar surface area (TPSA) is 55.7 Å². The first kappa shape index (κ1) is 13.2. The summed E-state index contributed by atoms with van der Waals surface area (Å²) in [5, 5.41) is 0. The minimum Gasteiger partial charge on any atom is -0.479 e. The molecule has 5 nitrogen and oxygen atoms in total. The molecule has 0 atom stereocenters. The van der Waals surface area contributed by atoms with Crippen LogP contribution >= 0.6 is 28.1 Å². The zero-order chi connectivity index (χ0) is 14.3. The lowest BCUT2D eigenvalue weighted by molar-refractivity contribution is 0.401. The van der Waals surface area contributed by atoms with Crippen molar-refractivity contribution in [2.24, 2.45) is 0 Å². The summed E-state index contributed by atoms with van der Waals surface area (Å²) >= 11 is 8.45. The van der Waals surface area contributed by atoms with E-state index in [0.717, 1.165) is 0 Å². The molecule has 2 aromatic heterocycles. The van der Waals surface area contributed by atoms with Gasteiger partial charge < -0.3 is 9.72 Å². The summed E-state index contributed by atoms with van der Waals surface area (Å²) < 4.78 is 21.0. The van der Waals surface area contributed by atoms with Crippen molar-refractivity contribution in [1.82, 2.24) is 19.5 Å². The summed E-state index contributed by atoms with van der Waals surface area (Å²) in [6.07, 6.45) is 1.39. The molecule has 0 saturated carbocycles. The van der Waals surface area contributed by atoms with E-state index in [-0.39, 0.29) is 5.82 Å². The maximum atomic E-state index is 13.3. The van der Waals surface area contributed by atoms with Crippen LogP contribution in [-0.4, -0.2) is 26.6 Å². The van der Waals surface area contributed by atoms with E-state index in [4.69, 9.17) is 17.0 Å². The third-order valence-corrected chi connectivity index (χ3v) is 3.69. The molecule has 102 valence electrons. The number of nitrogens with one attached hydrogen (secondary N) is 1. The van der Waals surface area contributed by atoms with E-state index in [2.05, 4.69) is 30.9 Å². The molecule has 0 fully saturated rings. The van der Waals surface area contributed by atoms with Gasteiger partial charge >= 0.3 is 0 Å². The van der Waals surface area contributed by atoms with Crippen LogP contribution in [0.15, 0.2) is 29.0 Å². The van der Waals surface area contributed by atoms with Crippen LogP contribution in [0, 0.1) is 10.6 Å². The molecule has 0 amide bonds. The van der Waals surface area contributed by atoms with E-state index in [1.807, 2.05) is 0 Å². The highest BCUT2D eigenvalue weighted by atomic mass is 79.9. The number of aromatic nitrogens is 4. The summed E-state index contributed by atoms with van der Waals surface area (Å²) in [5.74, 6) is 0.0633. The summed E-state index contributed by atoms with van der Waals surface area (Å²) in [5.41, 5.74) is 1.86. The number of nitrogens with zero attached hydrogens (tertiary/aromatic N) is 3. The molecule has 0 spiro atoms. The minimum atomic E-state index is -0.340. The number of imidazole rings is 1. The molecule has 20 heavy (non-hydrogen) atoms. The smallest absolute Gasteiger partial charge is 0.242 e. The summed E-state index contributed by atoms with van der Waals surface area (Å²) in [7, 11) is 1.52. The van der Waals surface area contributed by atoms with Gasteiger partial charge in [0.05, 0.1) is 17.3 Å². The lowest BCUT2D eigenvalue weighted by Crippen LogP contribution is -1.97. The highest BCUT2D eigenvalue weighted by molar-refractivity contribution is 9.10. The molecule has 1 aromatic carbocycles. The van der Waals surface area contributed by atoms with Crippen molar-refractivity contribution in [2.75, 3.05) is 7.11 Å². The Bertz CT molecular complexity index is 860. The Balaban J connectivity index is 2.33. The average molecular weight is 355 g/mol. The Morgan fingerprint density at radius 2 is 2.20 bits per heavy atom. The Morgan fingerprint density at radius 1 is 1.40 bits per heavy atom. The molecule has 0 aliphatic rings. The number of hydrogen-bond acceptors (Lipinski definition) is 4. The van der Waals surface area contributed by atoms with E-state index in [9.17, 15) is 4.39 Å². The Kier molecular flexibility index (Phi) is 3.27. The van der Waals surface area contributed by atoms with Crippen LogP contribution in [0.5, 0.6) is 5.88 Å². The van der Waals surface area contributed by atoms with E-state index in [1.165, 1.54) is 19.5 Å². The minimum absolute atomic E-state index is 0.340. The number of benzene rings is 1. The number of fused-ring (bicyclic) bond motifs is 1. The van der Waals surface area contributed by atoms with Gasteiger partial charge in [0, 0.05) is 0 Å². The lowest BCUT2D eigenvalue weighted by Gasteiger charge is -2.05. The van der Waals surface area contributed by atoms with Crippen LogP contribution in [0.3, 0.4) is 0 Å². The van der Waals surface area contributed by atoms with Crippen molar-refractivity contribution < 1.29 is 9.13 Å². The molecule has 1 N–H and O–H groups in total. The largest absolute Gasteiger partial charge is 0.479 e. The molecule has 8 heteroatoms. The van der Waals surface area contributed by atoms with Crippen molar-refractivity contribution >= 4 is 39.3 Å². The van der Waals surface area contributed by atoms with Gasteiger partial charge in [-0.3, -0.25) is 4.57 Å². The van der Waals surface area contributed by atoms with Gasteiger partial charge in [0.2, 0.25) is 5.88 Å². The van der Waals surface area contributed by atoms with Crippen LogP contribution in [0.1, 0.15) is 0 Å². The molecule has 2 heterocycles. The summed E-state index contributed by atoms with van der Waals surface area (Å²) in [6, 6.07) is 4.61. The Hall–Kier alpha value is -1.80. The molecule has 0 saturated heterocycles. The standard InChI is InChI=1S/C12H8BrFN4OS/c1-19-11-9-10(15-5-16-11)18(12(20)17-9)6-2-3-8(14)7(13)4-6/h2-5H,1H3,(H,17,20). The van der Waals surface area contributed by atoms with Crippen molar-refractivity contribution in [3.05, 3.63) is 39.6 Å². The van der Waals surface area contributed by atoms with Gasteiger partial charge in [0.1, 0.15) is 17.7 Å². The van der Waals surface area contributed by atoms with Gasteiger partial charge in [-0.05, 0) is 46.3 Å². The summed E-state index contributed by atoms with van der Waals surface area (Å²) in [4.78, 5) is 11.2. The normalized spacial score (nSPS) is 10.9. The molecular formula is C12H8BrFN4OS. The maximum absolute atomic E-state index is 13.3. The fraction of sp³-hybridized carbons (Fsp3) is 0.0833. The quantitative estimate of drug-likeness (QED) is 0.716. The summed E-state index contributed by atoms with van der Waals surface area (Å²) in [6.45, 7) is 0. The van der Waals surface area contributed by atoms with Gasteiger partial charge in [-0.2, -0.15) is 4.98 Å². The predicted molar refractivity (Wildman–Crippen MR) is 78.3 cm³/mol. The number of H-pyrrole nitrogens is 1. The average Bonchev–Trinajstić information content (AvgIpc) is 2.78. The first-order valence-electron chi connectivity index (χ1n) is 5.57. The van der Waals surface area contributed by atoms with E-state index in [0.29, 0.717) is 32.0 Å². The SMILES string of the molecule is COc1ncnc2c1[nH]c(=S)n2-c1ccc(F)c(Br)c1. The van der Waals surface area contributed by atoms with Crippen LogP contribution in [0.25, 0.3) is 16.9 Å². The third-order valence-electron chi connectivity index (χ3n) is 2.79. The fourth-order valence-electron chi connectivity index (χ4n) is 1.92. The zero-order valence-electron chi connectivity index (χ0n) is 10.2. The number of ether oxygens (including phenoxy) is 1. The number of hydrogen-bond donors (Lipinski definition) is 1. The van der Waals surface area contributed by atoms with Gasteiger partial charge in [-0.1, -0.05) is 0 Å². The molecule has 0 bridgehead atoms. The second-order valence-electron chi connectivity index (χ2n) is 3.95. The van der Waals surface area contributed by atoms with Crippen LogP contribution in [0.2, 0.25) is 0 Å². The zero-order valence-corrected chi connectivity index (χ0v) is 12.6. The predicted octanol–water partition coefficient (Wildman–Crippen LogP) is 3.39. The number of rotatable bonds is 2. The highest BCUT2D eigenvalue weighted by Crippen LogP contribution is 2.25. The highest BCUT2D eigenvalue weighted by Gasteiger charge is 2.13. The number of halogens is 2. The van der Waals surface area contributed by atoms with Crippen LogP contribution in [0.4, 0.5) is 4.39 Å². The molecule has 0 aliphatic carbocycles. The van der Waals surface area contributed by atoms with Crippen molar-refractivity contribution in [2.45, 2.75) is 0 Å². The molecule has 3 aromatic rings. The van der Waals surface area contributed by atoms with E-state index < -0.39 is 0 Å². The van der Waals surface area contributed by atoms with Crippen molar-refractivity contribution in [3.63, 3.8) is 0 Å². The first-order valence-corrected chi connectivity index (χ1v) is 6.77. The number of methoxy groups -OCH3 is 1. The fourth-order valence-corrected chi connectivity index (χ4v) is 2.58. The van der Waals surface area contributed by atoms with Gasteiger partial charge in [0.25, 0.3) is 0 Å².